The number of anilines is 1. The van der Waals surface area contributed by atoms with E-state index in [4.69, 9.17) is 27.9 Å². The van der Waals surface area contributed by atoms with Gasteiger partial charge in [-0.05, 0) is 48.5 Å². The number of carbonyl (C=O) groups excluding carboxylic acids is 2. The van der Waals surface area contributed by atoms with Crippen molar-refractivity contribution in [3.05, 3.63) is 99.3 Å². The lowest BCUT2D eigenvalue weighted by Gasteiger charge is -2.26. The molecule has 0 bridgehead atoms. The molecule has 0 spiro atoms. The van der Waals surface area contributed by atoms with Gasteiger partial charge in [0.25, 0.3) is 11.7 Å². The zero-order valence-corrected chi connectivity index (χ0v) is 18.2. The summed E-state index contributed by atoms with van der Waals surface area (Å²) in [7, 11) is 1.49. The summed E-state index contributed by atoms with van der Waals surface area (Å²) in [5, 5.41) is 11.5. The fraction of sp³-hybridized carbons (Fsp3) is 0.0833. The summed E-state index contributed by atoms with van der Waals surface area (Å²) in [6, 6.07) is 15.1. The van der Waals surface area contributed by atoms with Gasteiger partial charge in [0.05, 0.1) is 18.7 Å². The minimum absolute atomic E-state index is 0.0397. The Morgan fingerprint density at radius 2 is 1.62 bits per heavy atom. The van der Waals surface area contributed by atoms with E-state index in [9.17, 15) is 19.1 Å². The number of amides is 1. The molecule has 8 heteroatoms. The highest BCUT2D eigenvalue weighted by Gasteiger charge is 2.48. The van der Waals surface area contributed by atoms with Crippen LogP contribution < -0.4 is 9.64 Å². The molecular weight excluding hydrogens is 456 g/mol. The molecule has 1 fully saturated rings. The number of methoxy groups -OCH3 is 1. The van der Waals surface area contributed by atoms with Crippen LogP contribution in [0, 0.1) is 5.82 Å². The second kappa shape index (κ2) is 8.65. The van der Waals surface area contributed by atoms with Crippen molar-refractivity contribution in [2.75, 3.05) is 12.0 Å². The highest BCUT2D eigenvalue weighted by Crippen LogP contribution is 2.44. The molecule has 1 N–H and O–H groups in total. The van der Waals surface area contributed by atoms with Gasteiger partial charge in [0.1, 0.15) is 17.3 Å². The Bertz CT molecular complexity index is 1240. The van der Waals surface area contributed by atoms with E-state index in [-0.39, 0.29) is 32.4 Å². The SMILES string of the molecule is COc1ccc(/C(O)=C2\C(=O)C(=O)N(c3cc(Cl)cc(Cl)c3)C2c2ccccc2F)cc1. The zero-order valence-electron chi connectivity index (χ0n) is 16.7. The van der Waals surface area contributed by atoms with Crippen molar-refractivity contribution in [2.45, 2.75) is 6.04 Å². The van der Waals surface area contributed by atoms with Crippen molar-refractivity contribution in [2.24, 2.45) is 0 Å². The maximum absolute atomic E-state index is 14.9. The Kier molecular flexibility index (Phi) is 5.91. The molecule has 1 aliphatic rings. The number of ketones is 1. The molecule has 0 aromatic heterocycles. The van der Waals surface area contributed by atoms with Crippen molar-refractivity contribution in [3.8, 4) is 5.75 Å². The predicted octanol–water partition coefficient (Wildman–Crippen LogP) is 5.77. The predicted molar refractivity (Wildman–Crippen MR) is 121 cm³/mol. The second-order valence-corrected chi connectivity index (χ2v) is 7.92. The lowest BCUT2D eigenvalue weighted by Crippen LogP contribution is -2.29. The van der Waals surface area contributed by atoms with E-state index in [1.807, 2.05) is 0 Å². The number of hydrogen-bond donors (Lipinski definition) is 1. The van der Waals surface area contributed by atoms with Crippen LogP contribution in [-0.4, -0.2) is 23.9 Å². The lowest BCUT2D eigenvalue weighted by molar-refractivity contribution is -0.132. The van der Waals surface area contributed by atoms with Crippen LogP contribution >= 0.6 is 23.2 Å². The maximum Gasteiger partial charge on any atom is 0.300 e. The summed E-state index contributed by atoms with van der Waals surface area (Å²) in [5.41, 5.74) is 0.264. The van der Waals surface area contributed by atoms with Crippen LogP contribution in [0.15, 0.2) is 72.3 Å². The molecule has 0 saturated carbocycles. The highest BCUT2D eigenvalue weighted by molar-refractivity contribution is 6.52. The fourth-order valence-electron chi connectivity index (χ4n) is 3.67. The molecular formula is C24H16Cl2FNO4. The molecule has 4 rings (SSSR count). The van der Waals surface area contributed by atoms with Crippen LogP contribution in [0.25, 0.3) is 5.76 Å². The Morgan fingerprint density at radius 3 is 2.22 bits per heavy atom. The quantitative estimate of drug-likeness (QED) is 0.298. The number of aliphatic hydroxyl groups excluding tert-OH is 1. The summed E-state index contributed by atoms with van der Waals surface area (Å²) < 4.78 is 20.0. The minimum Gasteiger partial charge on any atom is -0.507 e. The molecule has 1 amide bonds. The maximum atomic E-state index is 14.9. The minimum atomic E-state index is -1.23. The van der Waals surface area contributed by atoms with Gasteiger partial charge in [-0.3, -0.25) is 14.5 Å². The van der Waals surface area contributed by atoms with Crippen molar-refractivity contribution in [1.82, 2.24) is 0 Å². The Balaban J connectivity index is 1.97. The van der Waals surface area contributed by atoms with Gasteiger partial charge in [-0.25, -0.2) is 4.39 Å². The molecule has 1 saturated heterocycles. The van der Waals surface area contributed by atoms with Gasteiger partial charge in [0, 0.05) is 26.9 Å². The Labute approximate surface area is 193 Å². The molecule has 32 heavy (non-hydrogen) atoms. The first-order valence-corrected chi connectivity index (χ1v) is 10.2. The largest absolute Gasteiger partial charge is 0.507 e. The van der Waals surface area contributed by atoms with E-state index in [0.717, 1.165) is 4.90 Å². The average molecular weight is 472 g/mol. The van der Waals surface area contributed by atoms with Crippen molar-refractivity contribution in [3.63, 3.8) is 0 Å². The van der Waals surface area contributed by atoms with Gasteiger partial charge in [-0.1, -0.05) is 41.4 Å². The summed E-state index contributed by atoms with van der Waals surface area (Å²) in [4.78, 5) is 27.2. The number of carbonyl (C=O) groups is 2. The van der Waals surface area contributed by atoms with Crippen LogP contribution in [0.5, 0.6) is 5.75 Å². The fourth-order valence-corrected chi connectivity index (χ4v) is 4.19. The topological polar surface area (TPSA) is 66.8 Å². The molecule has 0 aliphatic carbocycles. The molecule has 1 unspecified atom stereocenters. The lowest BCUT2D eigenvalue weighted by atomic mass is 9.94. The number of nitrogens with zero attached hydrogens (tertiary/aromatic N) is 1. The van der Waals surface area contributed by atoms with Gasteiger partial charge < -0.3 is 9.84 Å². The van der Waals surface area contributed by atoms with Gasteiger partial charge in [0.15, 0.2) is 0 Å². The van der Waals surface area contributed by atoms with E-state index >= 15 is 0 Å². The van der Waals surface area contributed by atoms with Gasteiger partial charge in [-0.15, -0.1) is 0 Å². The molecule has 5 nitrogen and oxygen atoms in total. The smallest absolute Gasteiger partial charge is 0.300 e. The van der Waals surface area contributed by atoms with Crippen LogP contribution in [-0.2, 0) is 9.59 Å². The van der Waals surface area contributed by atoms with Crippen LogP contribution in [0.1, 0.15) is 17.2 Å². The summed E-state index contributed by atoms with van der Waals surface area (Å²) in [6.07, 6.45) is 0. The van der Waals surface area contributed by atoms with E-state index in [2.05, 4.69) is 0 Å². The van der Waals surface area contributed by atoms with Crippen molar-refractivity contribution in [1.29, 1.82) is 0 Å². The average Bonchev–Trinajstić information content (AvgIpc) is 3.03. The van der Waals surface area contributed by atoms with Crippen LogP contribution in [0.4, 0.5) is 10.1 Å². The molecule has 1 aliphatic heterocycles. The van der Waals surface area contributed by atoms with E-state index < -0.39 is 29.3 Å². The van der Waals surface area contributed by atoms with Gasteiger partial charge in [0.2, 0.25) is 0 Å². The van der Waals surface area contributed by atoms with Gasteiger partial charge in [-0.2, -0.15) is 0 Å². The number of ether oxygens (including phenoxy) is 1. The van der Waals surface area contributed by atoms with E-state index in [1.165, 1.54) is 55.6 Å². The van der Waals surface area contributed by atoms with Crippen LogP contribution in [0.2, 0.25) is 10.0 Å². The van der Waals surface area contributed by atoms with E-state index in [0.29, 0.717) is 5.75 Å². The van der Waals surface area contributed by atoms with Crippen LogP contribution in [0.3, 0.4) is 0 Å². The molecule has 0 radical (unpaired) electrons. The molecule has 1 heterocycles. The van der Waals surface area contributed by atoms with E-state index in [1.54, 1.807) is 18.2 Å². The first-order valence-electron chi connectivity index (χ1n) is 9.47. The summed E-state index contributed by atoms with van der Waals surface area (Å²) in [6.45, 7) is 0. The second-order valence-electron chi connectivity index (χ2n) is 7.05. The normalized spacial score (nSPS) is 17.6. The first kappa shape index (κ1) is 21.9. The number of hydrogen-bond acceptors (Lipinski definition) is 4. The summed E-state index contributed by atoms with van der Waals surface area (Å²) in [5.74, 6) is -2.43. The third-order valence-electron chi connectivity index (χ3n) is 5.13. The van der Waals surface area contributed by atoms with Crippen molar-refractivity contribution >= 4 is 46.3 Å². The zero-order chi connectivity index (χ0) is 23.0. The summed E-state index contributed by atoms with van der Waals surface area (Å²) >= 11 is 12.2. The first-order chi connectivity index (χ1) is 15.3. The van der Waals surface area contributed by atoms with Crippen molar-refractivity contribution < 1.29 is 23.8 Å². The standard InChI is InChI=1S/C24H16Cl2FNO4/c1-32-17-8-6-13(7-9-17)22(29)20-21(18-4-2-3-5-19(18)27)28(24(31)23(20)30)16-11-14(25)10-15(26)12-16/h2-12,21,29H,1H3/b22-20+. The molecule has 1 atom stereocenters. The molecule has 3 aromatic carbocycles. The Morgan fingerprint density at radius 1 is 1.00 bits per heavy atom. The molecule has 162 valence electrons. The highest BCUT2D eigenvalue weighted by atomic mass is 35.5. The number of rotatable bonds is 4. The third kappa shape index (κ3) is 3.83. The molecule has 3 aromatic rings. The third-order valence-corrected chi connectivity index (χ3v) is 5.57. The monoisotopic (exact) mass is 471 g/mol. The number of Topliss-reactive ketones (excluding diaryl/α,β-unsaturated/α-hetero) is 1. The number of aliphatic hydroxyl groups is 1. The number of benzene rings is 3. The number of halogens is 3. The Hall–Kier alpha value is -3.35. The van der Waals surface area contributed by atoms with Gasteiger partial charge >= 0.3 is 0 Å².